The van der Waals surface area contributed by atoms with E-state index in [2.05, 4.69) is 43.2 Å². The van der Waals surface area contributed by atoms with Crippen LogP contribution in [-0.4, -0.2) is 25.0 Å². The fourth-order valence-electron chi connectivity index (χ4n) is 1.89. The van der Waals surface area contributed by atoms with Crippen LogP contribution in [0.4, 0.5) is 0 Å². The molecule has 0 fully saturated rings. The highest BCUT2D eigenvalue weighted by Gasteiger charge is 2.14. The number of unbranched alkanes of at least 4 members (excludes halogenated alkanes) is 1. The highest BCUT2D eigenvalue weighted by atomic mass is 79.9. The summed E-state index contributed by atoms with van der Waals surface area (Å²) in [4.78, 5) is 11.7. The number of nitrogens with zero attached hydrogens (tertiary/aromatic N) is 4. The highest BCUT2D eigenvalue weighted by molar-refractivity contribution is 9.10. The average Bonchev–Trinajstić information content (AvgIpc) is 3.24. The van der Waals surface area contributed by atoms with Gasteiger partial charge in [-0.3, -0.25) is 4.57 Å². The third-order valence-electron chi connectivity index (χ3n) is 3.03. The van der Waals surface area contributed by atoms with Crippen molar-refractivity contribution in [3.8, 4) is 11.7 Å². The first-order valence-corrected chi connectivity index (χ1v) is 8.81. The van der Waals surface area contributed by atoms with E-state index in [1.54, 1.807) is 16.7 Å². The molecule has 10 heteroatoms. The van der Waals surface area contributed by atoms with E-state index in [1.807, 2.05) is 0 Å². The van der Waals surface area contributed by atoms with E-state index < -0.39 is 0 Å². The van der Waals surface area contributed by atoms with E-state index in [-0.39, 0.29) is 5.69 Å². The molecule has 0 spiro atoms. The lowest BCUT2D eigenvalue weighted by Crippen LogP contribution is -2.17. The van der Waals surface area contributed by atoms with Gasteiger partial charge < -0.3 is 8.83 Å². The Morgan fingerprint density at radius 2 is 2.22 bits per heavy atom. The van der Waals surface area contributed by atoms with Crippen molar-refractivity contribution >= 4 is 27.7 Å². The van der Waals surface area contributed by atoms with Gasteiger partial charge in [-0.15, -0.1) is 15.3 Å². The number of hydrogen-bond donors (Lipinski definition) is 1. The predicted octanol–water partition coefficient (Wildman–Crippen LogP) is 3.07. The molecule has 0 bridgehead atoms. The Morgan fingerprint density at radius 3 is 2.96 bits per heavy atom. The summed E-state index contributed by atoms with van der Waals surface area (Å²) in [6, 6.07) is 3.49. The standard InChI is InChI=1S/C13H14BrN5O3S/c1-2-3-6-19-12(20)17-18-13(19)23-7-10-15-16-11(22-10)8-4-5-9(14)21-8/h4-5H,2-3,6-7H2,1H3,(H,17,20). The Hall–Kier alpha value is -1.81. The Morgan fingerprint density at radius 1 is 1.35 bits per heavy atom. The zero-order valence-corrected chi connectivity index (χ0v) is 14.7. The van der Waals surface area contributed by atoms with Crippen LogP contribution in [0.25, 0.3) is 11.7 Å². The number of H-pyrrole nitrogens is 1. The summed E-state index contributed by atoms with van der Waals surface area (Å²) in [6.07, 6.45) is 1.93. The largest absolute Gasteiger partial charge is 0.444 e. The maximum atomic E-state index is 11.7. The number of halogens is 1. The van der Waals surface area contributed by atoms with Gasteiger partial charge in [0, 0.05) is 6.54 Å². The van der Waals surface area contributed by atoms with Gasteiger partial charge in [0.15, 0.2) is 15.6 Å². The minimum Gasteiger partial charge on any atom is -0.444 e. The molecule has 0 radical (unpaired) electrons. The highest BCUT2D eigenvalue weighted by Crippen LogP contribution is 2.25. The van der Waals surface area contributed by atoms with Crippen molar-refractivity contribution in [3.05, 3.63) is 33.2 Å². The second-order valence-corrected chi connectivity index (χ2v) is 6.43. The van der Waals surface area contributed by atoms with Gasteiger partial charge in [-0.25, -0.2) is 9.89 Å². The van der Waals surface area contributed by atoms with Gasteiger partial charge in [0.05, 0.1) is 5.75 Å². The van der Waals surface area contributed by atoms with Gasteiger partial charge in [0.1, 0.15) is 0 Å². The fraction of sp³-hybridized carbons (Fsp3) is 0.385. The molecule has 0 aliphatic carbocycles. The zero-order valence-electron chi connectivity index (χ0n) is 12.3. The number of nitrogens with one attached hydrogen (secondary N) is 1. The Bertz CT molecular complexity index is 837. The zero-order chi connectivity index (χ0) is 16.2. The van der Waals surface area contributed by atoms with Crippen LogP contribution in [0.3, 0.4) is 0 Å². The van der Waals surface area contributed by atoms with Gasteiger partial charge >= 0.3 is 5.69 Å². The van der Waals surface area contributed by atoms with Crippen LogP contribution in [0.5, 0.6) is 0 Å². The molecule has 3 aromatic heterocycles. The second-order valence-electron chi connectivity index (χ2n) is 4.71. The molecule has 0 saturated heterocycles. The van der Waals surface area contributed by atoms with Crippen molar-refractivity contribution in [1.82, 2.24) is 25.0 Å². The number of aromatic amines is 1. The van der Waals surface area contributed by atoms with Crippen LogP contribution in [0.2, 0.25) is 0 Å². The summed E-state index contributed by atoms with van der Waals surface area (Å²) in [7, 11) is 0. The molecule has 0 aliphatic rings. The summed E-state index contributed by atoms with van der Waals surface area (Å²) in [6.45, 7) is 2.72. The summed E-state index contributed by atoms with van der Waals surface area (Å²) in [5.74, 6) is 1.68. The van der Waals surface area contributed by atoms with E-state index in [1.165, 1.54) is 11.8 Å². The molecule has 3 aromatic rings. The topological polar surface area (TPSA) is 103 Å². The molecule has 3 rings (SSSR count). The fourth-order valence-corrected chi connectivity index (χ4v) is 3.01. The van der Waals surface area contributed by atoms with Crippen molar-refractivity contribution in [2.24, 2.45) is 0 Å². The van der Waals surface area contributed by atoms with E-state index in [9.17, 15) is 4.79 Å². The van der Waals surface area contributed by atoms with Crippen molar-refractivity contribution in [2.75, 3.05) is 0 Å². The minimum atomic E-state index is -0.201. The first-order valence-electron chi connectivity index (χ1n) is 7.03. The lowest BCUT2D eigenvalue weighted by Gasteiger charge is -2.02. The molecule has 23 heavy (non-hydrogen) atoms. The van der Waals surface area contributed by atoms with Crippen molar-refractivity contribution in [3.63, 3.8) is 0 Å². The van der Waals surface area contributed by atoms with Crippen molar-refractivity contribution < 1.29 is 8.83 Å². The Kier molecular flexibility index (Phi) is 5.01. The third kappa shape index (κ3) is 3.75. The van der Waals surface area contributed by atoms with E-state index >= 15 is 0 Å². The van der Waals surface area contributed by atoms with Gasteiger partial charge in [-0.2, -0.15) is 0 Å². The molecule has 8 nitrogen and oxygen atoms in total. The summed E-state index contributed by atoms with van der Waals surface area (Å²) < 4.78 is 13.1. The maximum Gasteiger partial charge on any atom is 0.343 e. The molecular weight excluding hydrogens is 386 g/mol. The quantitative estimate of drug-likeness (QED) is 0.608. The number of thioether (sulfide) groups is 1. The molecule has 0 atom stereocenters. The molecule has 0 unspecified atom stereocenters. The summed E-state index contributed by atoms with van der Waals surface area (Å²) >= 11 is 4.59. The smallest absolute Gasteiger partial charge is 0.343 e. The first-order chi connectivity index (χ1) is 11.2. The van der Waals surface area contributed by atoms with Gasteiger partial charge in [-0.05, 0) is 34.5 Å². The average molecular weight is 400 g/mol. The number of aromatic nitrogens is 5. The van der Waals surface area contributed by atoms with Gasteiger partial charge in [-0.1, -0.05) is 25.1 Å². The minimum absolute atomic E-state index is 0.201. The lowest BCUT2D eigenvalue weighted by molar-refractivity contribution is 0.486. The van der Waals surface area contributed by atoms with Crippen LogP contribution >= 0.6 is 27.7 Å². The van der Waals surface area contributed by atoms with Gasteiger partial charge in [0.25, 0.3) is 5.89 Å². The predicted molar refractivity (Wildman–Crippen MR) is 87.0 cm³/mol. The van der Waals surface area contributed by atoms with Crippen LogP contribution in [-0.2, 0) is 12.3 Å². The van der Waals surface area contributed by atoms with Gasteiger partial charge in [0.2, 0.25) is 5.89 Å². The number of rotatable bonds is 7. The van der Waals surface area contributed by atoms with Crippen LogP contribution < -0.4 is 5.69 Å². The Labute approximate surface area is 143 Å². The number of furan rings is 1. The third-order valence-corrected chi connectivity index (χ3v) is 4.42. The van der Waals surface area contributed by atoms with Crippen molar-refractivity contribution in [2.45, 2.75) is 37.2 Å². The summed E-state index contributed by atoms with van der Waals surface area (Å²) in [5, 5.41) is 15.0. The lowest BCUT2D eigenvalue weighted by atomic mass is 10.3. The molecule has 1 N–H and O–H groups in total. The second kappa shape index (κ2) is 7.18. The van der Waals surface area contributed by atoms with E-state index in [4.69, 9.17) is 8.83 Å². The molecule has 3 heterocycles. The van der Waals surface area contributed by atoms with Crippen LogP contribution in [0, 0.1) is 0 Å². The molecule has 0 amide bonds. The van der Waals surface area contributed by atoms with Crippen LogP contribution in [0.15, 0.2) is 35.6 Å². The normalized spacial score (nSPS) is 11.2. The molecular formula is C13H14BrN5O3S. The number of hydrogen-bond acceptors (Lipinski definition) is 7. The van der Waals surface area contributed by atoms with Crippen LogP contribution in [0.1, 0.15) is 25.7 Å². The SMILES string of the molecule is CCCCn1c(SCc2nnc(-c3ccc(Br)o3)o2)n[nH]c1=O. The molecule has 0 aromatic carbocycles. The monoisotopic (exact) mass is 399 g/mol. The maximum absolute atomic E-state index is 11.7. The molecule has 122 valence electrons. The van der Waals surface area contributed by atoms with E-state index in [0.29, 0.717) is 39.7 Å². The molecule has 0 aliphatic heterocycles. The Balaban J connectivity index is 1.67. The van der Waals surface area contributed by atoms with Crippen molar-refractivity contribution in [1.29, 1.82) is 0 Å². The first kappa shape index (κ1) is 16.1. The van der Waals surface area contributed by atoms with E-state index in [0.717, 1.165) is 12.8 Å². The molecule has 0 saturated carbocycles. The summed E-state index contributed by atoms with van der Waals surface area (Å²) in [5.41, 5.74) is -0.201.